The lowest BCUT2D eigenvalue weighted by Crippen LogP contribution is -2.34. The number of carbonyl (C=O) groups excluding carboxylic acids is 1. The summed E-state index contributed by atoms with van der Waals surface area (Å²) in [5, 5.41) is 5.39. The molecule has 4 atom stereocenters. The number of aromatic nitrogens is 6. The second-order valence-corrected chi connectivity index (χ2v) is 15.3. The van der Waals surface area contributed by atoms with Crippen LogP contribution in [-0.2, 0) is 23.6 Å². The molecule has 0 saturated heterocycles. The average Bonchev–Trinajstić information content (AvgIpc) is 3.60. The van der Waals surface area contributed by atoms with Gasteiger partial charge in [0.25, 0.3) is 0 Å². The second-order valence-electron chi connectivity index (χ2n) is 15.3. The van der Waals surface area contributed by atoms with E-state index in [2.05, 4.69) is 47.5 Å². The Labute approximate surface area is 321 Å². The molecule has 2 aliphatic carbocycles. The number of aromatic amines is 2. The molecule has 0 saturated carbocycles. The van der Waals surface area contributed by atoms with E-state index in [4.69, 9.17) is 4.74 Å². The Bertz CT molecular complexity index is 2270. The molecule has 2 heterocycles. The molecule has 6 rings (SSSR count). The fraction of sp³-hybridized carbons (Fsp3) is 0.419. The van der Waals surface area contributed by atoms with Gasteiger partial charge in [0.15, 0.2) is 0 Å². The van der Waals surface area contributed by atoms with E-state index in [0.717, 1.165) is 38.7 Å². The minimum Gasteiger partial charge on any atom is -0.461 e. The molecule has 12 nitrogen and oxygen atoms in total. The van der Waals surface area contributed by atoms with E-state index in [9.17, 15) is 24.0 Å². The fourth-order valence-electron chi connectivity index (χ4n) is 7.05. The monoisotopic (exact) mass is 750 g/mol. The highest BCUT2D eigenvalue weighted by Crippen LogP contribution is 2.40. The number of ether oxygens (including phenoxy) is 1. The number of benzene rings is 2. The van der Waals surface area contributed by atoms with Crippen LogP contribution in [0.2, 0.25) is 0 Å². The topological polar surface area (TPSA) is 146 Å². The number of hydrogen-bond acceptors (Lipinski definition) is 6. The highest BCUT2D eigenvalue weighted by Gasteiger charge is 2.33. The number of rotatable bonds is 12. The van der Waals surface area contributed by atoms with Crippen molar-refractivity contribution < 1.29 is 9.53 Å². The molecule has 2 aliphatic rings. The molecule has 2 aromatic carbocycles. The third-order valence-corrected chi connectivity index (χ3v) is 10.2. The van der Waals surface area contributed by atoms with Crippen LogP contribution in [0.4, 0.5) is 0 Å². The van der Waals surface area contributed by atoms with E-state index in [-0.39, 0.29) is 41.8 Å². The predicted molar refractivity (Wildman–Crippen MR) is 215 cm³/mol. The van der Waals surface area contributed by atoms with Crippen molar-refractivity contribution >= 4 is 5.97 Å². The maximum absolute atomic E-state index is 12.7. The zero-order valence-electron chi connectivity index (χ0n) is 32.7. The van der Waals surface area contributed by atoms with Gasteiger partial charge in [-0.25, -0.2) is 47.9 Å². The summed E-state index contributed by atoms with van der Waals surface area (Å²) in [6.07, 6.45) is 19.0. The Hall–Kier alpha value is -5.65. The summed E-state index contributed by atoms with van der Waals surface area (Å²) in [5.41, 5.74) is 1.85. The van der Waals surface area contributed by atoms with E-state index in [1.165, 1.54) is 54.7 Å². The summed E-state index contributed by atoms with van der Waals surface area (Å²) in [5.74, 6) is -0.491. The average molecular weight is 751 g/mol. The number of esters is 1. The molecular formula is C43H54N6O6. The van der Waals surface area contributed by atoms with Gasteiger partial charge in [0.1, 0.15) is 6.61 Å². The first-order chi connectivity index (χ1) is 26.3. The first-order valence-corrected chi connectivity index (χ1v) is 19.1. The highest BCUT2D eigenvalue weighted by atomic mass is 16.5. The predicted octanol–water partition coefficient (Wildman–Crippen LogP) is 6.34. The van der Waals surface area contributed by atoms with Crippen LogP contribution >= 0.6 is 0 Å². The molecule has 0 radical (unpaired) electrons. The summed E-state index contributed by atoms with van der Waals surface area (Å²) < 4.78 is 10.5. The van der Waals surface area contributed by atoms with E-state index in [1.807, 2.05) is 66.8 Å². The number of hydrogen-bond donors (Lipinski definition) is 2. The Kier molecular flexibility index (Phi) is 13.4. The van der Waals surface area contributed by atoms with Gasteiger partial charge in [-0.3, -0.25) is 4.79 Å². The smallest absolute Gasteiger partial charge is 0.347 e. The second kappa shape index (κ2) is 18.1. The van der Waals surface area contributed by atoms with Gasteiger partial charge in [-0.1, -0.05) is 130 Å². The Morgan fingerprint density at radius 2 is 1.13 bits per heavy atom. The molecule has 2 N–H and O–H groups in total. The van der Waals surface area contributed by atoms with Crippen LogP contribution in [-0.4, -0.2) is 41.3 Å². The van der Waals surface area contributed by atoms with Gasteiger partial charge in [-0.05, 0) is 55.9 Å². The summed E-state index contributed by atoms with van der Waals surface area (Å²) in [7, 11) is 2.94. The number of nitrogens with one attached hydrogen (secondary N) is 2. The Morgan fingerprint density at radius 3 is 1.56 bits per heavy atom. The van der Waals surface area contributed by atoms with Gasteiger partial charge in [0.05, 0.1) is 17.5 Å². The summed E-state index contributed by atoms with van der Waals surface area (Å²) >= 11 is 0. The molecular weight excluding hydrogens is 697 g/mol. The quantitative estimate of drug-likeness (QED) is 0.128. The number of nitrogens with zero attached hydrogens (tertiary/aromatic N) is 4. The fourth-order valence-corrected chi connectivity index (χ4v) is 7.05. The Balaban J connectivity index is 0.000000211. The zero-order chi connectivity index (χ0) is 39.7. The third-order valence-electron chi connectivity index (χ3n) is 10.2. The van der Waals surface area contributed by atoms with Crippen molar-refractivity contribution in [2.75, 3.05) is 6.61 Å². The van der Waals surface area contributed by atoms with Crippen molar-refractivity contribution in [3.8, 4) is 0 Å². The summed E-state index contributed by atoms with van der Waals surface area (Å²) in [6, 6.07) is 19.2. The first-order valence-electron chi connectivity index (χ1n) is 19.1. The van der Waals surface area contributed by atoms with Crippen molar-refractivity contribution in [2.24, 2.45) is 19.5 Å². The Morgan fingerprint density at radius 1 is 0.673 bits per heavy atom. The van der Waals surface area contributed by atoms with Crippen LogP contribution in [0.3, 0.4) is 0 Å². The van der Waals surface area contributed by atoms with E-state index in [1.54, 1.807) is 20.8 Å². The molecule has 0 amide bonds. The van der Waals surface area contributed by atoms with Gasteiger partial charge in [0, 0.05) is 25.9 Å². The first kappa shape index (κ1) is 40.5. The van der Waals surface area contributed by atoms with Crippen LogP contribution < -0.4 is 22.8 Å². The molecule has 0 unspecified atom stereocenters. The van der Waals surface area contributed by atoms with Crippen molar-refractivity contribution in [3.63, 3.8) is 0 Å². The molecule has 55 heavy (non-hydrogen) atoms. The molecule has 12 heteroatoms. The lowest BCUT2D eigenvalue weighted by atomic mass is 9.81. The van der Waals surface area contributed by atoms with Crippen molar-refractivity contribution in [2.45, 2.75) is 90.1 Å². The molecule has 0 aliphatic heterocycles. The number of unbranched alkanes of at least 4 members (excludes halogenated alkanes) is 4. The highest BCUT2D eigenvalue weighted by molar-refractivity contribution is 5.75. The number of allylic oxidation sites excluding steroid dienone is 7. The van der Waals surface area contributed by atoms with Gasteiger partial charge in [-0.15, -0.1) is 0 Å². The third kappa shape index (κ3) is 9.54. The standard InChI is InChI=1S/C22H29N3O2.C21H25N3O4/c1-3-4-5-6-8-14-18-15-11-16-19(17-12-9-7-10-13-17)20(18)25-22(27)24(2)21(26)23-25;1-21(2,3)18(25)28-13-15-11-8-12-16(14-9-6-5-7-10-14)17(15)24-20(27)23(4)19(26)22-24/h7,9-13,15-16,19-20H,3-6,8,14H2,1-2H3,(H,23,26);5-12,16-17H,13H2,1-4H3,(H,22,26)/t19-,20+;16-,17+/m11/s1. The minimum absolute atomic E-state index is 0.0255. The van der Waals surface area contributed by atoms with Gasteiger partial charge >= 0.3 is 28.7 Å². The van der Waals surface area contributed by atoms with Gasteiger partial charge in [0.2, 0.25) is 0 Å². The van der Waals surface area contributed by atoms with Gasteiger partial charge < -0.3 is 4.74 Å². The minimum atomic E-state index is -0.628. The molecule has 0 fully saturated rings. The van der Waals surface area contributed by atoms with Gasteiger partial charge in [-0.2, -0.15) is 0 Å². The maximum atomic E-state index is 12.7. The van der Waals surface area contributed by atoms with Crippen LogP contribution in [0.25, 0.3) is 0 Å². The van der Waals surface area contributed by atoms with Crippen LogP contribution in [0.1, 0.15) is 101 Å². The van der Waals surface area contributed by atoms with Crippen LogP contribution in [0.5, 0.6) is 0 Å². The zero-order valence-corrected chi connectivity index (χ0v) is 32.7. The van der Waals surface area contributed by atoms with E-state index >= 15 is 0 Å². The lowest BCUT2D eigenvalue weighted by molar-refractivity contribution is -0.152. The molecule has 0 bridgehead atoms. The molecule has 2 aromatic heterocycles. The molecule has 292 valence electrons. The summed E-state index contributed by atoms with van der Waals surface area (Å²) in [6.45, 7) is 7.61. The van der Waals surface area contributed by atoms with Crippen molar-refractivity contribution in [1.82, 2.24) is 28.7 Å². The van der Waals surface area contributed by atoms with Crippen molar-refractivity contribution in [1.29, 1.82) is 0 Å². The summed E-state index contributed by atoms with van der Waals surface area (Å²) in [4.78, 5) is 61.6. The van der Waals surface area contributed by atoms with E-state index in [0.29, 0.717) is 0 Å². The number of H-pyrrole nitrogens is 2. The van der Waals surface area contributed by atoms with Crippen LogP contribution in [0, 0.1) is 5.41 Å². The normalized spacial score (nSPS) is 19.3. The maximum Gasteiger partial charge on any atom is 0.347 e. The largest absolute Gasteiger partial charge is 0.461 e. The van der Waals surface area contributed by atoms with Crippen molar-refractivity contribution in [3.05, 3.63) is 161 Å². The number of carbonyl (C=O) groups is 1. The van der Waals surface area contributed by atoms with E-state index < -0.39 is 22.8 Å². The lowest BCUT2D eigenvalue weighted by Gasteiger charge is -2.30. The van der Waals surface area contributed by atoms with Crippen LogP contribution in [0.15, 0.2) is 127 Å². The molecule has 4 aromatic rings. The SMILES string of the molecule is CCCCCCCC1=CC=C[C@H](c2ccccc2)[C@H]1n1[nH]c(=O)n(C)c1=O.Cn1c(=O)[nH]n([C@H]2C(COC(=O)C(C)(C)C)=CC=C[C@@H]2c2ccccc2)c1=O. The molecule has 0 spiro atoms.